The van der Waals surface area contributed by atoms with Gasteiger partial charge in [-0.15, -0.1) is 0 Å². The molecule has 0 aromatic carbocycles. The molecule has 4 unspecified atom stereocenters. The summed E-state index contributed by atoms with van der Waals surface area (Å²) in [5.74, 6) is -0.0549. The Morgan fingerprint density at radius 2 is 1.41 bits per heavy atom. The summed E-state index contributed by atoms with van der Waals surface area (Å²) in [4.78, 5) is 26.6. The van der Waals surface area contributed by atoms with Crippen LogP contribution in [0, 0.1) is 0 Å². The molecule has 11 heteroatoms. The number of carbonyl (C=O) groups excluding carboxylic acids is 2. The molecular formula is C16H30B2N4O5. The minimum absolute atomic E-state index is 0.0617. The molecule has 4 saturated heterocycles. The Morgan fingerprint density at radius 1 is 0.963 bits per heavy atom. The van der Waals surface area contributed by atoms with Crippen molar-refractivity contribution in [2.24, 2.45) is 0 Å². The van der Waals surface area contributed by atoms with Gasteiger partial charge in [-0.3, -0.25) is 14.9 Å². The molecule has 4 bridgehead atoms. The van der Waals surface area contributed by atoms with Crippen LogP contribution in [-0.2, 0) is 14.3 Å². The van der Waals surface area contributed by atoms with E-state index in [1.165, 1.54) is 7.11 Å². The highest BCUT2D eigenvalue weighted by Gasteiger charge is 2.50. The molecule has 0 saturated carbocycles. The van der Waals surface area contributed by atoms with Crippen molar-refractivity contribution < 1.29 is 24.4 Å². The van der Waals surface area contributed by atoms with E-state index in [-0.39, 0.29) is 35.9 Å². The average molecular weight is 380 g/mol. The molecule has 0 aromatic heterocycles. The average Bonchev–Trinajstić information content (AvgIpc) is 3.38. The summed E-state index contributed by atoms with van der Waals surface area (Å²) in [7, 11) is 0.473. The fourth-order valence-electron chi connectivity index (χ4n) is 5.01. The van der Waals surface area contributed by atoms with Gasteiger partial charge in [-0.05, 0) is 33.4 Å². The van der Waals surface area contributed by atoms with E-state index in [0.29, 0.717) is 12.1 Å². The van der Waals surface area contributed by atoms with Crippen molar-refractivity contribution in [1.82, 2.24) is 20.3 Å². The third-order valence-corrected chi connectivity index (χ3v) is 6.22. The highest BCUT2D eigenvalue weighted by Crippen LogP contribution is 2.29. The molecule has 4 heterocycles. The lowest BCUT2D eigenvalue weighted by molar-refractivity contribution is -0.144. The minimum atomic E-state index is -0.487. The summed E-state index contributed by atoms with van der Waals surface area (Å²) in [6.07, 6.45) is 1.92. The van der Waals surface area contributed by atoms with Crippen molar-refractivity contribution in [3.05, 3.63) is 0 Å². The molecule has 9 nitrogen and oxygen atoms in total. The van der Waals surface area contributed by atoms with Gasteiger partial charge < -0.3 is 29.7 Å². The van der Waals surface area contributed by atoms with E-state index in [4.69, 9.17) is 4.74 Å². The fourth-order valence-corrected chi connectivity index (χ4v) is 5.01. The molecule has 4 rings (SSSR count). The lowest BCUT2D eigenvalue weighted by Crippen LogP contribution is -2.58. The first-order chi connectivity index (χ1) is 12.7. The number of ketones is 1. The van der Waals surface area contributed by atoms with E-state index in [1.54, 1.807) is 20.6 Å². The molecule has 27 heavy (non-hydrogen) atoms. The molecule has 0 aliphatic carbocycles. The molecule has 0 spiro atoms. The zero-order chi connectivity index (χ0) is 19.9. The fraction of sp³-hybridized carbons (Fsp3) is 0.875. The molecule has 6 atom stereocenters. The molecular weight excluding hydrogens is 350 g/mol. The predicted molar refractivity (Wildman–Crippen MR) is 102 cm³/mol. The highest BCUT2D eigenvalue weighted by atomic mass is 16.5. The number of fused-ring (bicyclic) bond motifs is 4. The Balaban J connectivity index is 0.000000156. The van der Waals surface area contributed by atoms with Crippen LogP contribution in [0.1, 0.15) is 19.8 Å². The number of piperazine rings is 2. The molecule has 4 fully saturated rings. The van der Waals surface area contributed by atoms with Crippen molar-refractivity contribution in [2.45, 2.75) is 69.7 Å². The first-order valence-electron chi connectivity index (χ1n) is 9.71. The Hall–Kier alpha value is -0.970. The normalized spacial score (nSPS) is 37.1. The van der Waals surface area contributed by atoms with Crippen molar-refractivity contribution in [3.8, 4) is 0 Å². The summed E-state index contributed by atoms with van der Waals surface area (Å²) in [5.41, 5.74) is 0. The summed E-state index contributed by atoms with van der Waals surface area (Å²) in [6, 6.07) is 0.684. The number of nitrogens with zero attached hydrogens (tertiary/aromatic N) is 2. The maximum atomic E-state index is 11.4. The van der Waals surface area contributed by atoms with Gasteiger partial charge >= 0.3 is 20.1 Å². The number of Topliss-reactive ketones (excluding diaryl/α,β-unsaturated/α-hetero) is 1. The quantitative estimate of drug-likeness (QED) is 0.318. The number of esters is 1. The minimum Gasteiger partial charge on any atom is -0.468 e. The lowest BCUT2D eigenvalue weighted by Gasteiger charge is -2.33. The van der Waals surface area contributed by atoms with Gasteiger partial charge in [0.15, 0.2) is 0 Å². The van der Waals surface area contributed by atoms with Crippen molar-refractivity contribution >= 4 is 25.9 Å². The molecule has 150 valence electrons. The van der Waals surface area contributed by atoms with Crippen molar-refractivity contribution in [1.29, 1.82) is 0 Å². The molecule has 0 aromatic rings. The highest BCUT2D eigenvalue weighted by molar-refractivity contribution is 6.45. The van der Waals surface area contributed by atoms with Crippen molar-refractivity contribution in [2.75, 3.05) is 20.2 Å². The van der Waals surface area contributed by atoms with E-state index in [1.807, 2.05) is 9.62 Å². The Labute approximate surface area is 161 Å². The zero-order valence-corrected chi connectivity index (χ0v) is 16.5. The first-order valence-corrected chi connectivity index (χ1v) is 9.71. The smallest absolute Gasteiger partial charge is 0.376 e. The second-order valence-corrected chi connectivity index (χ2v) is 8.08. The van der Waals surface area contributed by atoms with Crippen LogP contribution in [0.15, 0.2) is 0 Å². The second kappa shape index (κ2) is 8.18. The monoisotopic (exact) mass is 380 g/mol. The summed E-state index contributed by atoms with van der Waals surface area (Å²) >= 11 is 0. The van der Waals surface area contributed by atoms with Gasteiger partial charge in [0.25, 0.3) is 0 Å². The number of rotatable bonds is 4. The maximum absolute atomic E-state index is 11.4. The standard InChI is InChI=1S/C8H15BN2O3.C8H15BN2O2/c1-9(13)11-4-5-3-6(11)7(10-5)8(12)14-2;1-5(12)8-7-3-6(10-8)4-11(7)9(2)13/h5-7,10,13H,3-4H2,1-2H3;6-8,10,13H,3-4H2,1-2H3/t5?,6?,7-;6?,7?,8-/m00/s1. The van der Waals surface area contributed by atoms with E-state index < -0.39 is 14.1 Å². The second-order valence-electron chi connectivity index (χ2n) is 8.08. The summed E-state index contributed by atoms with van der Waals surface area (Å²) in [5, 5.41) is 25.4. The SMILES string of the molecule is CB(O)N1CC2CC1[C@H](C(C)=O)N2.COC(=O)[C@H]1NC2CC1N(B(C)O)C2. The third kappa shape index (κ3) is 4.08. The van der Waals surface area contributed by atoms with Gasteiger partial charge in [-0.25, -0.2) is 0 Å². The number of carbonyl (C=O) groups is 2. The van der Waals surface area contributed by atoms with E-state index in [0.717, 1.165) is 25.9 Å². The number of methoxy groups -OCH3 is 1. The van der Waals surface area contributed by atoms with Crippen LogP contribution >= 0.6 is 0 Å². The largest absolute Gasteiger partial charge is 0.468 e. The van der Waals surface area contributed by atoms with Crippen molar-refractivity contribution in [3.63, 3.8) is 0 Å². The Bertz CT molecular complexity index is 581. The van der Waals surface area contributed by atoms with E-state index in [2.05, 4.69) is 10.6 Å². The first kappa shape index (κ1) is 20.8. The summed E-state index contributed by atoms with van der Waals surface area (Å²) < 4.78 is 4.71. The topological polar surface area (TPSA) is 114 Å². The molecule has 0 amide bonds. The van der Waals surface area contributed by atoms with Crippen LogP contribution in [-0.4, -0.2) is 102 Å². The summed E-state index contributed by atoms with van der Waals surface area (Å²) in [6.45, 7) is 6.79. The Morgan fingerprint density at radius 3 is 1.78 bits per heavy atom. The zero-order valence-electron chi connectivity index (χ0n) is 16.5. The van der Waals surface area contributed by atoms with Crippen LogP contribution in [0.3, 0.4) is 0 Å². The van der Waals surface area contributed by atoms with Crippen LogP contribution in [0.5, 0.6) is 0 Å². The molecule has 0 radical (unpaired) electrons. The lowest BCUT2D eigenvalue weighted by atomic mass is 9.82. The molecule has 4 aliphatic rings. The van der Waals surface area contributed by atoms with E-state index >= 15 is 0 Å². The van der Waals surface area contributed by atoms with Crippen LogP contribution in [0.4, 0.5) is 0 Å². The van der Waals surface area contributed by atoms with Gasteiger partial charge in [-0.2, -0.15) is 0 Å². The number of hydrogen-bond donors (Lipinski definition) is 4. The molecule has 4 aliphatic heterocycles. The number of ether oxygens (including phenoxy) is 1. The predicted octanol–water partition coefficient (Wildman–Crippen LogP) is -2.22. The number of nitrogens with one attached hydrogen (secondary N) is 2. The van der Waals surface area contributed by atoms with Crippen LogP contribution in [0.25, 0.3) is 0 Å². The van der Waals surface area contributed by atoms with Gasteiger partial charge in [0.05, 0.1) is 13.2 Å². The Kier molecular flexibility index (Phi) is 6.29. The van der Waals surface area contributed by atoms with Gasteiger partial charge in [0.1, 0.15) is 11.8 Å². The molecule has 4 N–H and O–H groups in total. The number of hydrogen-bond acceptors (Lipinski definition) is 9. The van der Waals surface area contributed by atoms with E-state index in [9.17, 15) is 19.6 Å². The third-order valence-electron chi connectivity index (χ3n) is 6.22. The van der Waals surface area contributed by atoms with Gasteiger partial charge in [-0.1, -0.05) is 0 Å². The van der Waals surface area contributed by atoms with Gasteiger partial charge in [0.2, 0.25) is 0 Å². The van der Waals surface area contributed by atoms with Crippen LogP contribution < -0.4 is 10.6 Å². The maximum Gasteiger partial charge on any atom is 0.376 e. The van der Waals surface area contributed by atoms with Gasteiger partial charge in [0, 0.05) is 37.3 Å². The van der Waals surface area contributed by atoms with Crippen LogP contribution in [0.2, 0.25) is 13.6 Å².